The number of hydrogen-bond donors (Lipinski definition) is 0. The third-order valence-electron chi connectivity index (χ3n) is 11.2. The summed E-state index contributed by atoms with van der Waals surface area (Å²) < 4.78 is 11.5. The van der Waals surface area contributed by atoms with Crippen LogP contribution in [0.4, 0.5) is 0 Å². The lowest BCUT2D eigenvalue weighted by molar-refractivity contribution is 0.670. The van der Waals surface area contributed by atoms with Crippen LogP contribution >= 0.6 is 11.3 Å². The maximum absolute atomic E-state index is 6.53. The first kappa shape index (κ1) is 32.0. The molecule has 4 nitrogen and oxygen atoms in total. The molecule has 0 saturated heterocycles. The van der Waals surface area contributed by atoms with E-state index in [9.17, 15) is 0 Å². The fourth-order valence-electron chi connectivity index (χ4n) is 8.61. The number of para-hydroxylation sites is 3. The van der Waals surface area contributed by atoms with Gasteiger partial charge in [-0.2, -0.15) is 0 Å². The lowest BCUT2D eigenvalue weighted by Crippen LogP contribution is -1.98. The largest absolute Gasteiger partial charge is 0.455 e. The Morgan fingerprint density at radius 3 is 2.00 bits per heavy atom. The zero-order valence-corrected chi connectivity index (χ0v) is 31.4. The van der Waals surface area contributed by atoms with E-state index in [-0.39, 0.29) is 0 Å². The predicted molar refractivity (Wildman–Crippen MR) is 238 cm³/mol. The summed E-state index contributed by atoms with van der Waals surface area (Å²) in [5, 5.41) is 7.30. The summed E-state index contributed by atoms with van der Waals surface area (Å²) in [7, 11) is 0. The molecule has 0 spiro atoms. The van der Waals surface area contributed by atoms with Gasteiger partial charge in [0.25, 0.3) is 0 Å². The molecule has 4 aromatic heterocycles. The van der Waals surface area contributed by atoms with E-state index in [2.05, 4.69) is 174 Å². The smallest absolute Gasteiger partial charge is 0.160 e. The minimum Gasteiger partial charge on any atom is -0.455 e. The van der Waals surface area contributed by atoms with Gasteiger partial charge in [0.05, 0.1) is 22.4 Å². The third kappa shape index (κ3) is 5.06. The van der Waals surface area contributed by atoms with Crippen LogP contribution in [0.15, 0.2) is 192 Å². The third-order valence-corrected chi connectivity index (χ3v) is 12.4. The van der Waals surface area contributed by atoms with Crippen molar-refractivity contribution in [2.45, 2.75) is 0 Å². The fraction of sp³-hybridized carbons (Fsp3) is 0. The van der Waals surface area contributed by atoms with Crippen LogP contribution in [0.3, 0.4) is 0 Å². The summed E-state index contributed by atoms with van der Waals surface area (Å²) in [5.41, 5.74) is 11.9. The molecular weight excluding hydrogens is 715 g/mol. The van der Waals surface area contributed by atoms with Gasteiger partial charge in [-0.25, -0.2) is 9.97 Å². The maximum atomic E-state index is 6.53. The van der Waals surface area contributed by atoms with Gasteiger partial charge in [0.1, 0.15) is 11.2 Å². The van der Waals surface area contributed by atoms with Gasteiger partial charge >= 0.3 is 0 Å². The number of benzene rings is 8. The van der Waals surface area contributed by atoms with Crippen molar-refractivity contribution >= 4 is 75.3 Å². The second-order valence-electron chi connectivity index (χ2n) is 14.5. The summed E-state index contributed by atoms with van der Waals surface area (Å²) in [6.07, 6.45) is 0. The molecule has 12 rings (SSSR count). The number of fused-ring (bicyclic) bond motifs is 10. The molecule has 12 aromatic rings. The van der Waals surface area contributed by atoms with Crippen molar-refractivity contribution in [3.05, 3.63) is 188 Å². The second kappa shape index (κ2) is 12.6. The first-order valence-corrected chi connectivity index (χ1v) is 20.0. The van der Waals surface area contributed by atoms with E-state index in [0.29, 0.717) is 5.82 Å². The highest BCUT2D eigenvalue weighted by Gasteiger charge is 2.20. The van der Waals surface area contributed by atoms with Crippen LogP contribution in [0, 0.1) is 0 Å². The Morgan fingerprint density at radius 2 is 1.11 bits per heavy atom. The molecular formula is C52H31N3OS. The molecule has 0 atom stereocenters. The molecule has 8 aromatic carbocycles. The monoisotopic (exact) mass is 745 g/mol. The molecule has 0 amide bonds. The van der Waals surface area contributed by atoms with Crippen LogP contribution in [0.5, 0.6) is 0 Å². The highest BCUT2D eigenvalue weighted by Crippen LogP contribution is 2.44. The van der Waals surface area contributed by atoms with Gasteiger partial charge in [0.2, 0.25) is 0 Å². The molecule has 57 heavy (non-hydrogen) atoms. The van der Waals surface area contributed by atoms with Gasteiger partial charge in [-0.3, -0.25) is 0 Å². The zero-order valence-electron chi connectivity index (χ0n) is 30.6. The Hall–Kier alpha value is -7.34. The van der Waals surface area contributed by atoms with Crippen LogP contribution in [0.1, 0.15) is 0 Å². The number of thiophene rings is 1. The van der Waals surface area contributed by atoms with Crippen molar-refractivity contribution in [3.8, 4) is 50.7 Å². The van der Waals surface area contributed by atoms with E-state index >= 15 is 0 Å². The van der Waals surface area contributed by atoms with Crippen LogP contribution in [-0.2, 0) is 0 Å². The molecule has 5 heteroatoms. The Kier molecular flexibility index (Phi) is 7.06. The molecule has 4 heterocycles. The van der Waals surface area contributed by atoms with E-state index in [1.165, 1.54) is 42.0 Å². The molecule has 266 valence electrons. The molecule has 0 N–H and O–H groups in total. The number of furan rings is 1. The van der Waals surface area contributed by atoms with Crippen molar-refractivity contribution in [2.75, 3.05) is 0 Å². The summed E-state index contributed by atoms with van der Waals surface area (Å²) in [6, 6.07) is 66.4. The number of hydrogen-bond acceptors (Lipinski definition) is 4. The minimum absolute atomic E-state index is 0.650. The van der Waals surface area contributed by atoms with Gasteiger partial charge in [0.15, 0.2) is 5.82 Å². The Morgan fingerprint density at radius 1 is 0.421 bits per heavy atom. The summed E-state index contributed by atoms with van der Waals surface area (Å²) >= 11 is 1.86. The summed E-state index contributed by atoms with van der Waals surface area (Å²) in [6.45, 7) is 0. The Balaban J connectivity index is 1.06. The number of nitrogens with zero attached hydrogens (tertiary/aromatic N) is 3. The van der Waals surface area contributed by atoms with Gasteiger partial charge in [-0.1, -0.05) is 133 Å². The van der Waals surface area contributed by atoms with Crippen molar-refractivity contribution < 1.29 is 4.42 Å². The number of rotatable bonds is 5. The minimum atomic E-state index is 0.650. The van der Waals surface area contributed by atoms with E-state index in [4.69, 9.17) is 14.4 Å². The molecule has 0 aliphatic heterocycles. The van der Waals surface area contributed by atoms with Gasteiger partial charge in [-0.05, 0) is 65.7 Å². The highest BCUT2D eigenvalue weighted by molar-refractivity contribution is 7.26. The van der Waals surface area contributed by atoms with E-state index in [0.717, 1.165) is 66.8 Å². The van der Waals surface area contributed by atoms with Crippen molar-refractivity contribution in [2.24, 2.45) is 0 Å². The lowest BCUT2D eigenvalue weighted by Gasteiger charge is -2.12. The first-order valence-electron chi connectivity index (χ1n) is 19.1. The van der Waals surface area contributed by atoms with Crippen LogP contribution < -0.4 is 0 Å². The lowest BCUT2D eigenvalue weighted by atomic mass is 10.0. The molecule has 0 aliphatic rings. The standard InChI is InChI=1S/C52H31N3OS/c1-2-12-32(13-3-1)33-24-26-34(27-25-33)42-31-43(39-20-11-19-38-37-16-5-8-22-46(37)56-51(38)39)54-52(53-42)35-14-10-15-36(30-35)55-44-21-7-4-17-40(44)49-45(55)28-29-48-50(49)41-18-6-9-23-47(41)57-48/h1-31H. The zero-order chi connectivity index (χ0) is 37.5. The van der Waals surface area contributed by atoms with Crippen molar-refractivity contribution in [3.63, 3.8) is 0 Å². The normalized spacial score (nSPS) is 11.9. The molecule has 0 bridgehead atoms. The average molecular weight is 746 g/mol. The van der Waals surface area contributed by atoms with Crippen LogP contribution in [-0.4, -0.2) is 14.5 Å². The first-order chi connectivity index (χ1) is 28.2. The second-order valence-corrected chi connectivity index (χ2v) is 15.6. The average Bonchev–Trinajstić information content (AvgIpc) is 3.96. The predicted octanol–water partition coefficient (Wildman–Crippen LogP) is 14.5. The van der Waals surface area contributed by atoms with Gasteiger partial charge in [-0.15, -0.1) is 11.3 Å². The SMILES string of the molecule is c1ccc(-c2ccc(-c3cc(-c4cccc5c4oc4ccccc45)nc(-c4cccc(-n5c6ccccc6c6c7c(ccc65)sc5ccccc57)c4)n3)cc2)cc1. The highest BCUT2D eigenvalue weighted by atomic mass is 32.1. The van der Waals surface area contributed by atoms with E-state index in [1.807, 2.05) is 29.5 Å². The van der Waals surface area contributed by atoms with Crippen molar-refractivity contribution in [1.82, 2.24) is 14.5 Å². The molecule has 0 saturated carbocycles. The quantitative estimate of drug-likeness (QED) is 0.176. The summed E-state index contributed by atoms with van der Waals surface area (Å²) in [4.78, 5) is 10.6. The topological polar surface area (TPSA) is 43.9 Å². The fourth-order valence-corrected chi connectivity index (χ4v) is 9.73. The molecule has 0 radical (unpaired) electrons. The van der Waals surface area contributed by atoms with Crippen LogP contribution in [0.2, 0.25) is 0 Å². The maximum Gasteiger partial charge on any atom is 0.160 e. The van der Waals surface area contributed by atoms with Crippen LogP contribution in [0.25, 0.3) is 115 Å². The van der Waals surface area contributed by atoms with Gasteiger partial charge in [0, 0.05) is 64.1 Å². The van der Waals surface area contributed by atoms with E-state index in [1.54, 1.807) is 0 Å². The molecule has 0 aliphatic carbocycles. The molecule has 0 unspecified atom stereocenters. The Bertz CT molecular complexity index is 3520. The molecule has 0 fully saturated rings. The Labute approximate surface area is 331 Å². The van der Waals surface area contributed by atoms with E-state index < -0.39 is 0 Å². The summed E-state index contributed by atoms with van der Waals surface area (Å²) in [5.74, 6) is 0.650. The number of aromatic nitrogens is 3. The van der Waals surface area contributed by atoms with Gasteiger partial charge < -0.3 is 8.98 Å². The van der Waals surface area contributed by atoms with Crippen molar-refractivity contribution in [1.29, 1.82) is 0 Å².